The number of hydrogen-bond donors (Lipinski definition) is 3. The number of rotatable bonds is 5. The lowest BCUT2D eigenvalue weighted by Gasteiger charge is -2.12. The maximum atomic E-state index is 4.29. The number of aryl methyl sites for hydroxylation is 1. The van der Waals surface area contributed by atoms with Crippen LogP contribution < -0.4 is 10.6 Å². The van der Waals surface area contributed by atoms with Gasteiger partial charge in [0.2, 0.25) is 0 Å². The molecule has 1 heterocycles. The highest BCUT2D eigenvalue weighted by atomic mass is 15.2. The molecule has 0 bridgehead atoms. The van der Waals surface area contributed by atoms with E-state index < -0.39 is 0 Å². The van der Waals surface area contributed by atoms with E-state index in [0.29, 0.717) is 0 Å². The van der Waals surface area contributed by atoms with E-state index in [-0.39, 0.29) is 0 Å². The first-order chi connectivity index (χ1) is 11.8. The number of guanidine groups is 1. The molecule has 0 saturated carbocycles. The fourth-order valence-corrected chi connectivity index (χ4v) is 2.97. The number of aromatic nitrogens is 1. The highest BCUT2D eigenvalue weighted by molar-refractivity contribution is 5.86. The predicted octanol–water partition coefficient (Wildman–Crippen LogP) is 3.38. The minimum Gasteiger partial charge on any atom is -0.361 e. The normalized spacial score (nSPS) is 11.7. The minimum absolute atomic E-state index is 0.771. The summed E-state index contributed by atoms with van der Waals surface area (Å²) in [4.78, 5) is 7.64. The largest absolute Gasteiger partial charge is 0.361 e. The molecule has 0 atom stereocenters. The molecule has 1 aromatic heterocycles. The number of benzene rings is 2. The number of aromatic amines is 1. The van der Waals surface area contributed by atoms with E-state index >= 15 is 0 Å². The van der Waals surface area contributed by atoms with Crippen molar-refractivity contribution in [3.05, 3.63) is 71.4 Å². The molecular weight excluding hydrogens is 296 g/mol. The Morgan fingerprint density at radius 2 is 1.88 bits per heavy atom. The molecule has 3 N–H and O–H groups in total. The number of nitrogens with one attached hydrogen (secondary N) is 3. The summed E-state index contributed by atoms with van der Waals surface area (Å²) in [6, 6.07) is 16.7. The number of nitrogens with zero attached hydrogens (tertiary/aromatic N) is 1. The molecule has 2 aromatic carbocycles. The van der Waals surface area contributed by atoms with E-state index in [2.05, 4.69) is 64.1 Å². The van der Waals surface area contributed by atoms with Crippen LogP contribution in [0.5, 0.6) is 0 Å². The van der Waals surface area contributed by atoms with Crippen LogP contribution in [0.4, 0.5) is 0 Å². The van der Waals surface area contributed by atoms with Crippen molar-refractivity contribution in [2.24, 2.45) is 4.99 Å². The number of aliphatic imine (C=N–C) groups is 1. The van der Waals surface area contributed by atoms with Gasteiger partial charge in [0.25, 0.3) is 0 Å². The Hall–Kier alpha value is -2.75. The van der Waals surface area contributed by atoms with E-state index in [4.69, 9.17) is 0 Å². The van der Waals surface area contributed by atoms with Crippen molar-refractivity contribution < 1.29 is 0 Å². The third kappa shape index (κ3) is 3.77. The molecule has 4 heteroatoms. The summed E-state index contributed by atoms with van der Waals surface area (Å²) in [5, 5.41) is 8.07. The SMILES string of the molecule is CN=C(NCCc1c[nH]c2cccc(C)c12)NCc1ccccc1. The molecule has 0 saturated heterocycles. The van der Waals surface area contributed by atoms with Crippen LogP contribution in [0, 0.1) is 6.92 Å². The summed E-state index contributed by atoms with van der Waals surface area (Å²) in [6.07, 6.45) is 3.07. The summed E-state index contributed by atoms with van der Waals surface area (Å²) in [5.74, 6) is 0.829. The molecule has 0 radical (unpaired) electrons. The summed E-state index contributed by atoms with van der Waals surface area (Å²) in [6.45, 7) is 3.77. The molecule has 24 heavy (non-hydrogen) atoms. The summed E-state index contributed by atoms with van der Waals surface area (Å²) < 4.78 is 0. The van der Waals surface area contributed by atoms with Crippen LogP contribution in [0.15, 0.2) is 59.7 Å². The van der Waals surface area contributed by atoms with Gasteiger partial charge in [-0.05, 0) is 36.1 Å². The molecule has 0 unspecified atom stereocenters. The first kappa shape index (κ1) is 16.1. The van der Waals surface area contributed by atoms with Crippen molar-refractivity contribution in [2.45, 2.75) is 19.9 Å². The van der Waals surface area contributed by atoms with Gasteiger partial charge in [-0.3, -0.25) is 4.99 Å². The fourth-order valence-electron chi connectivity index (χ4n) is 2.97. The number of hydrogen-bond acceptors (Lipinski definition) is 1. The highest BCUT2D eigenvalue weighted by Crippen LogP contribution is 2.22. The van der Waals surface area contributed by atoms with Crippen molar-refractivity contribution in [1.82, 2.24) is 15.6 Å². The van der Waals surface area contributed by atoms with Crippen molar-refractivity contribution >= 4 is 16.9 Å². The van der Waals surface area contributed by atoms with Crippen LogP contribution in [0.2, 0.25) is 0 Å². The van der Waals surface area contributed by atoms with Gasteiger partial charge in [0.05, 0.1) is 0 Å². The lowest BCUT2D eigenvalue weighted by Crippen LogP contribution is -2.37. The lowest BCUT2D eigenvalue weighted by molar-refractivity contribution is 0.796. The Labute approximate surface area is 143 Å². The van der Waals surface area contributed by atoms with Gasteiger partial charge in [0.1, 0.15) is 0 Å². The van der Waals surface area contributed by atoms with E-state index in [1.54, 1.807) is 7.05 Å². The Kier molecular flexibility index (Phi) is 5.16. The summed E-state index contributed by atoms with van der Waals surface area (Å²) in [7, 11) is 1.80. The van der Waals surface area contributed by atoms with Gasteiger partial charge in [0.15, 0.2) is 5.96 Å². The zero-order valence-corrected chi connectivity index (χ0v) is 14.3. The molecule has 3 aromatic rings. The second-order valence-electron chi connectivity index (χ2n) is 5.90. The third-order valence-electron chi connectivity index (χ3n) is 4.21. The predicted molar refractivity (Wildman–Crippen MR) is 101 cm³/mol. The second kappa shape index (κ2) is 7.68. The molecule has 124 valence electrons. The van der Waals surface area contributed by atoms with Gasteiger partial charge in [-0.2, -0.15) is 0 Å². The highest BCUT2D eigenvalue weighted by Gasteiger charge is 2.06. The zero-order chi connectivity index (χ0) is 16.8. The van der Waals surface area contributed by atoms with E-state index in [1.165, 1.54) is 27.6 Å². The Morgan fingerprint density at radius 1 is 1.04 bits per heavy atom. The average molecular weight is 320 g/mol. The molecular formula is C20H24N4. The van der Waals surface area contributed by atoms with Gasteiger partial charge in [-0.25, -0.2) is 0 Å². The molecule has 3 rings (SSSR count). The molecule has 0 amide bonds. The van der Waals surface area contributed by atoms with Crippen LogP contribution in [-0.4, -0.2) is 24.5 Å². The van der Waals surface area contributed by atoms with E-state index in [9.17, 15) is 0 Å². The second-order valence-corrected chi connectivity index (χ2v) is 5.90. The van der Waals surface area contributed by atoms with Crippen LogP contribution in [0.1, 0.15) is 16.7 Å². The van der Waals surface area contributed by atoms with Crippen LogP contribution in [0.25, 0.3) is 10.9 Å². The lowest BCUT2D eigenvalue weighted by atomic mass is 10.1. The average Bonchev–Trinajstić information content (AvgIpc) is 3.03. The molecule has 0 spiro atoms. The van der Waals surface area contributed by atoms with Crippen LogP contribution in [-0.2, 0) is 13.0 Å². The van der Waals surface area contributed by atoms with Crippen molar-refractivity contribution in [3.63, 3.8) is 0 Å². The zero-order valence-electron chi connectivity index (χ0n) is 14.3. The maximum Gasteiger partial charge on any atom is 0.191 e. The minimum atomic E-state index is 0.771. The van der Waals surface area contributed by atoms with E-state index in [1.807, 2.05) is 18.2 Å². The van der Waals surface area contributed by atoms with Gasteiger partial charge in [0, 0.05) is 37.2 Å². The molecule has 4 nitrogen and oxygen atoms in total. The maximum absolute atomic E-state index is 4.29. The Morgan fingerprint density at radius 3 is 2.67 bits per heavy atom. The number of H-pyrrole nitrogens is 1. The van der Waals surface area contributed by atoms with Gasteiger partial charge < -0.3 is 15.6 Å². The van der Waals surface area contributed by atoms with Crippen molar-refractivity contribution in [3.8, 4) is 0 Å². The summed E-state index contributed by atoms with van der Waals surface area (Å²) in [5.41, 5.74) is 5.11. The van der Waals surface area contributed by atoms with Crippen LogP contribution in [0.3, 0.4) is 0 Å². The summed E-state index contributed by atoms with van der Waals surface area (Å²) >= 11 is 0. The fraction of sp³-hybridized carbons (Fsp3) is 0.250. The Bertz CT molecular complexity index is 818. The van der Waals surface area contributed by atoms with Gasteiger partial charge >= 0.3 is 0 Å². The topological polar surface area (TPSA) is 52.2 Å². The number of fused-ring (bicyclic) bond motifs is 1. The smallest absolute Gasteiger partial charge is 0.191 e. The van der Waals surface area contributed by atoms with Gasteiger partial charge in [-0.1, -0.05) is 42.5 Å². The monoisotopic (exact) mass is 320 g/mol. The third-order valence-corrected chi connectivity index (χ3v) is 4.21. The molecule has 0 fully saturated rings. The van der Waals surface area contributed by atoms with Gasteiger partial charge in [-0.15, -0.1) is 0 Å². The molecule has 0 aliphatic carbocycles. The molecule has 0 aliphatic heterocycles. The van der Waals surface area contributed by atoms with Crippen LogP contribution >= 0.6 is 0 Å². The van der Waals surface area contributed by atoms with Crippen molar-refractivity contribution in [2.75, 3.05) is 13.6 Å². The van der Waals surface area contributed by atoms with Crippen molar-refractivity contribution in [1.29, 1.82) is 0 Å². The first-order valence-electron chi connectivity index (χ1n) is 8.32. The van der Waals surface area contributed by atoms with E-state index in [0.717, 1.165) is 25.5 Å². The quantitative estimate of drug-likeness (QED) is 0.498. The first-order valence-corrected chi connectivity index (χ1v) is 8.32. The molecule has 0 aliphatic rings. The standard InChI is InChI=1S/C20H24N4/c1-15-7-6-10-18-19(15)17(14-23-18)11-12-22-20(21-2)24-13-16-8-4-3-5-9-16/h3-10,14,23H,11-13H2,1-2H3,(H2,21,22,24). The Balaban J connectivity index is 1.54.